The van der Waals surface area contributed by atoms with Crippen molar-refractivity contribution in [2.45, 2.75) is 89.2 Å². The fourth-order valence-corrected chi connectivity index (χ4v) is 6.42. The SMILES string of the molecule is CNCC(CC1CCCCC1)NC(=O)N1CCC[C@@](C)([C@@](O)(CCCCOC)c2ccccc2)C1. The number of hydrogen-bond acceptors (Lipinski definition) is 4. The number of carbonyl (C=O) groups is 1. The van der Waals surface area contributed by atoms with E-state index < -0.39 is 11.0 Å². The molecule has 2 amide bonds. The summed E-state index contributed by atoms with van der Waals surface area (Å²) in [5.74, 6) is 0.712. The minimum absolute atomic E-state index is 0.0155. The van der Waals surface area contributed by atoms with Crippen molar-refractivity contribution in [3.63, 3.8) is 0 Å². The number of hydrogen-bond donors (Lipinski definition) is 3. The predicted molar refractivity (Wildman–Crippen MR) is 142 cm³/mol. The number of nitrogens with zero attached hydrogens (tertiary/aromatic N) is 1. The molecule has 0 spiro atoms. The molecule has 1 unspecified atom stereocenters. The summed E-state index contributed by atoms with van der Waals surface area (Å²) in [4.78, 5) is 15.4. The van der Waals surface area contributed by atoms with E-state index in [4.69, 9.17) is 4.74 Å². The molecule has 2 aliphatic rings. The van der Waals surface area contributed by atoms with Crippen molar-refractivity contribution < 1.29 is 14.6 Å². The number of nitrogens with one attached hydrogen (secondary N) is 2. The van der Waals surface area contributed by atoms with Crippen LogP contribution in [0, 0.1) is 11.3 Å². The van der Waals surface area contributed by atoms with Gasteiger partial charge in [-0.25, -0.2) is 4.79 Å². The summed E-state index contributed by atoms with van der Waals surface area (Å²) in [5, 5.41) is 18.9. The molecule has 1 aliphatic heterocycles. The lowest BCUT2D eigenvalue weighted by atomic mass is 9.63. The summed E-state index contributed by atoms with van der Waals surface area (Å²) in [6.45, 7) is 4.96. The molecule has 1 saturated carbocycles. The third-order valence-electron chi connectivity index (χ3n) is 8.49. The fourth-order valence-electron chi connectivity index (χ4n) is 6.42. The van der Waals surface area contributed by atoms with Crippen LogP contribution in [0.4, 0.5) is 4.79 Å². The number of methoxy groups -OCH3 is 1. The Balaban J connectivity index is 1.71. The molecule has 35 heavy (non-hydrogen) atoms. The molecule has 6 nitrogen and oxygen atoms in total. The van der Waals surface area contributed by atoms with Gasteiger partial charge < -0.3 is 25.4 Å². The van der Waals surface area contributed by atoms with Gasteiger partial charge in [-0.3, -0.25) is 0 Å². The zero-order valence-electron chi connectivity index (χ0n) is 22.4. The van der Waals surface area contributed by atoms with Crippen LogP contribution < -0.4 is 10.6 Å². The number of rotatable bonds is 12. The van der Waals surface area contributed by atoms with Crippen LogP contribution in [-0.2, 0) is 10.3 Å². The van der Waals surface area contributed by atoms with Crippen molar-refractivity contribution in [1.82, 2.24) is 15.5 Å². The first-order chi connectivity index (χ1) is 16.9. The number of urea groups is 1. The van der Waals surface area contributed by atoms with E-state index in [0.29, 0.717) is 25.5 Å². The Morgan fingerprint density at radius 2 is 1.94 bits per heavy atom. The van der Waals surface area contributed by atoms with E-state index in [0.717, 1.165) is 50.8 Å². The van der Waals surface area contributed by atoms with Crippen molar-refractivity contribution in [1.29, 1.82) is 0 Å². The summed E-state index contributed by atoms with van der Waals surface area (Å²) in [7, 11) is 3.68. The van der Waals surface area contributed by atoms with Crippen molar-refractivity contribution >= 4 is 6.03 Å². The second-order valence-electron chi connectivity index (χ2n) is 11.2. The summed E-state index contributed by atoms with van der Waals surface area (Å²) in [6.07, 6.45) is 11.9. The van der Waals surface area contributed by atoms with Gasteiger partial charge in [-0.05, 0) is 57.1 Å². The highest BCUT2D eigenvalue weighted by Crippen LogP contribution is 2.48. The topological polar surface area (TPSA) is 73.8 Å². The lowest BCUT2D eigenvalue weighted by Gasteiger charge is -2.51. The van der Waals surface area contributed by atoms with E-state index in [-0.39, 0.29) is 12.1 Å². The highest BCUT2D eigenvalue weighted by molar-refractivity contribution is 5.74. The van der Waals surface area contributed by atoms with Gasteiger partial charge in [-0.15, -0.1) is 0 Å². The number of piperidine rings is 1. The maximum Gasteiger partial charge on any atom is 0.317 e. The van der Waals surface area contributed by atoms with Gasteiger partial charge in [0.15, 0.2) is 0 Å². The second-order valence-corrected chi connectivity index (χ2v) is 11.2. The number of ether oxygens (including phenoxy) is 1. The van der Waals surface area contributed by atoms with Crippen LogP contribution in [0.25, 0.3) is 0 Å². The van der Waals surface area contributed by atoms with Gasteiger partial charge in [-0.1, -0.05) is 69.4 Å². The molecule has 6 heteroatoms. The second kappa shape index (κ2) is 13.6. The molecule has 0 bridgehead atoms. The quantitative estimate of drug-likeness (QED) is 0.360. The van der Waals surface area contributed by atoms with Crippen LogP contribution in [0.15, 0.2) is 30.3 Å². The minimum Gasteiger partial charge on any atom is -0.385 e. The molecule has 3 rings (SSSR count). The Kier molecular flexibility index (Phi) is 10.9. The van der Waals surface area contributed by atoms with E-state index in [1.165, 1.54) is 32.1 Å². The average Bonchev–Trinajstić information content (AvgIpc) is 2.87. The standard InChI is InChI=1S/C29H49N3O3/c1-28(29(34,18-10-11-20-35-3)25-15-8-5-9-16-25)17-12-19-32(23-28)27(33)31-26(22-30-2)21-24-13-6-4-7-14-24/h5,8-9,15-16,24,26,30,34H,4,6-7,10-14,17-23H2,1-3H3,(H,31,33)/t26?,28-,29-/m1/s1. The molecule has 1 aliphatic carbocycles. The smallest absolute Gasteiger partial charge is 0.317 e. The molecule has 3 N–H and O–H groups in total. The number of amides is 2. The van der Waals surface area contributed by atoms with Crippen LogP contribution in [0.5, 0.6) is 0 Å². The third kappa shape index (κ3) is 7.43. The van der Waals surface area contributed by atoms with Gasteiger partial charge in [0.2, 0.25) is 0 Å². The number of carbonyl (C=O) groups excluding carboxylic acids is 1. The van der Waals surface area contributed by atoms with E-state index in [2.05, 4.69) is 17.6 Å². The normalized spacial score (nSPS) is 24.1. The van der Waals surface area contributed by atoms with Crippen molar-refractivity contribution in [2.75, 3.05) is 40.4 Å². The molecular weight excluding hydrogens is 438 g/mol. The maximum atomic E-state index is 13.5. The first-order valence-electron chi connectivity index (χ1n) is 13.9. The first-order valence-corrected chi connectivity index (χ1v) is 13.9. The van der Waals surface area contributed by atoms with Gasteiger partial charge in [-0.2, -0.15) is 0 Å². The van der Waals surface area contributed by atoms with Crippen molar-refractivity contribution in [3.05, 3.63) is 35.9 Å². The lowest BCUT2D eigenvalue weighted by Crippen LogP contribution is -2.58. The average molecular weight is 488 g/mol. The summed E-state index contributed by atoms with van der Waals surface area (Å²) < 4.78 is 5.24. The molecular formula is C29H49N3O3. The van der Waals surface area contributed by atoms with E-state index in [9.17, 15) is 9.90 Å². The molecule has 1 aromatic rings. The zero-order chi connectivity index (χ0) is 25.2. The van der Waals surface area contributed by atoms with Crippen LogP contribution in [-0.4, -0.2) is 62.5 Å². The highest BCUT2D eigenvalue weighted by Gasteiger charge is 2.50. The molecule has 0 radical (unpaired) electrons. The molecule has 0 aromatic heterocycles. The summed E-state index contributed by atoms with van der Waals surface area (Å²) in [5.41, 5.74) is -0.459. The summed E-state index contributed by atoms with van der Waals surface area (Å²) in [6, 6.07) is 10.2. The lowest BCUT2D eigenvalue weighted by molar-refractivity contribution is -0.116. The number of unbranched alkanes of at least 4 members (excludes halogenated alkanes) is 1. The monoisotopic (exact) mass is 487 g/mol. The summed E-state index contributed by atoms with van der Waals surface area (Å²) >= 11 is 0. The molecule has 1 aromatic carbocycles. The molecule has 3 atom stereocenters. The largest absolute Gasteiger partial charge is 0.385 e. The first kappa shape index (κ1) is 27.9. The van der Waals surface area contributed by atoms with Crippen LogP contribution >= 0.6 is 0 Å². The Morgan fingerprint density at radius 1 is 1.20 bits per heavy atom. The molecule has 198 valence electrons. The Bertz CT molecular complexity index is 755. The van der Waals surface area contributed by atoms with Crippen molar-refractivity contribution in [3.8, 4) is 0 Å². The maximum absolute atomic E-state index is 13.5. The number of aliphatic hydroxyl groups is 1. The molecule has 1 saturated heterocycles. The number of benzene rings is 1. The van der Waals surface area contributed by atoms with E-state index >= 15 is 0 Å². The minimum atomic E-state index is -0.993. The Morgan fingerprint density at radius 3 is 2.63 bits per heavy atom. The molecule has 1 heterocycles. The van der Waals surface area contributed by atoms with Gasteiger partial charge in [0.25, 0.3) is 0 Å². The van der Waals surface area contributed by atoms with Crippen LogP contribution in [0.2, 0.25) is 0 Å². The Labute approximate surface area is 213 Å². The van der Waals surface area contributed by atoms with Gasteiger partial charge in [0, 0.05) is 44.8 Å². The van der Waals surface area contributed by atoms with Crippen LogP contribution in [0.3, 0.4) is 0 Å². The highest BCUT2D eigenvalue weighted by atomic mass is 16.5. The van der Waals surface area contributed by atoms with Gasteiger partial charge in [0.05, 0.1) is 5.60 Å². The third-order valence-corrected chi connectivity index (χ3v) is 8.49. The fraction of sp³-hybridized carbons (Fsp3) is 0.759. The van der Waals surface area contributed by atoms with Gasteiger partial charge in [0.1, 0.15) is 0 Å². The van der Waals surface area contributed by atoms with E-state index in [1.54, 1.807) is 7.11 Å². The van der Waals surface area contributed by atoms with Gasteiger partial charge >= 0.3 is 6.03 Å². The van der Waals surface area contributed by atoms with Crippen molar-refractivity contribution in [2.24, 2.45) is 11.3 Å². The predicted octanol–water partition coefficient (Wildman–Crippen LogP) is 5.06. The zero-order valence-corrected chi connectivity index (χ0v) is 22.4. The van der Waals surface area contributed by atoms with Crippen LogP contribution in [0.1, 0.15) is 83.1 Å². The Hall–Kier alpha value is -1.63. The number of likely N-dealkylation sites (tertiary alicyclic amines) is 1. The molecule has 2 fully saturated rings. The number of likely N-dealkylation sites (N-methyl/N-ethyl adjacent to an activating group) is 1. The van der Waals surface area contributed by atoms with E-state index in [1.807, 2.05) is 42.3 Å².